The van der Waals surface area contributed by atoms with Gasteiger partial charge in [0, 0.05) is 24.7 Å². The molecule has 2 saturated carbocycles. The van der Waals surface area contributed by atoms with Gasteiger partial charge < -0.3 is 5.32 Å². The van der Waals surface area contributed by atoms with Crippen molar-refractivity contribution in [3.05, 3.63) is 29.8 Å². The summed E-state index contributed by atoms with van der Waals surface area (Å²) in [5, 5.41) is 3.13. The van der Waals surface area contributed by atoms with Gasteiger partial charge in [-0.25, -0.2) is 8.42 Å². The number of carbonyl (C=O) groups is 1. The van der Waals surface area contributed by atoms with E-state index in [0.717, 1.165) is 25.2 Å². The van der Waals surface area contributed by atoms with Crippen molar-refractivity contribution in [3.8, 4) is 0 Å². The first-order valence-electron chi connectivity index (χ1n) is 8.95. The molecule has 1 heterocycles. The van der Waals surface area contributed by atoms with Gasteiger partial charge in [-0.1, -0.05) is 12.5 Å². The SMILES string of the molecule is O=C(NC1CC2CCC1C2)c1cccc(S(=O)(=O)N2CCCC2)c1. The number of nitrogens with one attached hydrogen (secondary N) is 1. The van der Waals surface area contributed by atoms with Gasteiger partial charge >= 0.3 is 0 Å². The summed E-state index contributed by atoms with van der Waals surface area (Å²) in [7, 11) is -3.48. The van der Waals surface area contributed by atoms with E-state index in [-0.39, 0.29) is 16.8 Å². The van der Waals surface area contributed by atoms with Crippen molar-refractivity contribution in [2.45, 2.75) is 49.5 Å². The number of amides is 1. The predicted octanol–water partition coefficient (Wildman–Crippen LogP) is 2.39. The molecule has 1 aliphatic heterocycles. The fourth-order valence-corrected chi connectivity index (χ4v) is 6.11. The van der Waals surface area contributed by atoms with Gasteiger partial charge in [0.2, 0.25) is 10.0 Å². The molecule has 1 aromatic rings. The number of benzene rings is 1. The van der Waals surface area contributed by atoms with E-state index in [4.69, 9.17) is 0 Å². The van der Waals surface area contributed by atoms with Crippen LogP contribution in [0.4, 0.5) is 0 Å². The molecule has 1 aromatic carbocycles. The number of carbonyl (C=O) groups excluding carboxylic acids is 1. The summed E-state index contributed by atoms with van der Waals surface area (Å²) in [5.41, 5.74) is 0.443. The summed E-state index contributed by atoms with van der Waals surface area (Å²) in [6.07, 6.45) is 6.61. The molecular formula is C18H24N2O3S. The molecule has 3 aliphatic rings. The highest BCUT2D eigenvalue weighted by atomic mass is 32.2. The Bertz CT molecular complexity index is 740. The molecule has 3 unspecified atom stereocenters. The number of hydrogen-bond donors (Lipinski definition) is 1. The monoisotopic (exact) mass is 348 g/mol. The fraction of sp³-hybridized carbons (Fsp3) is 0.611. The summed E-state index contributed by atoms with van der Waals surface area (Å²) < 4.78 is 26.8. The molecule has 130 valence electrons. The van der Waals surface area contributed by atoms with E-state index >= 15 is 0 Å². The molecule has 3 atom stereocenters. The van der Waals surface area contributed by atoms with Gasteiger partial charge in [-0.05, 0) is 62.1 Å². The van der Waals surface area contributed by atoms with Crippen LogP contribution in [-0.2, 0) is 10.0 Å². The highest BCUT2D eigenvalue weighted by Gasteiger charge is 2.40. The zero-order valence-electron chi connectivity index (χ0n) is 13.8. The third-order valence-corrected chi connectivity index (χ3v) is 7.75. The highest BCUT2D eigenvalue weighted by Crippen LogP contribution is 2.44. The second-order valence-corrected chi connectivity index (χ2v) is 9.33. The van der Waals surface area contributed by atoms with Crippen LogP contribution in [0.25, 0.3) is 0 Å². The Hall–Kier alpha value is -1.40. The van der Waals surface area contributed by atoms with Crippen LogP contribution in [0.5, 0.6) is 0 Å². The Balaban J connectivity index is 1.51. The minimum atomic E-state index is -3.48. The standard InChI is InChI=1S/C18H24N2O3S/c21-18(19-17-11-13-6-7-14(17)10-13)15-4-3-5-16(12-15)24(22,23)20-8-1-2-9-20/h3-5,12-14,17H,1-2,6-11H2,(H,19,21). The van der Waals surface area contributed by atoms with Crippen molar-refractivity contribution < 1.29 is 13.2 Å². The average molecular weight is 348 g/mol. The second-order valence-electron chi connectivity index (χ2n) is 7.39. The first-order chi connectivity index (χ1) is 11.5. The molecule has 24 heavy (non-hydrogen) atoms. The number of hydrogen-bond acceptors (Lipinski definition) is 3. The summed E-state index contributed by atoms with van der Waals surface area (Å²) in [6.45, 7) is 1.15. The van der Waals surface area contributed by atoms with E-state index in [2.05, 4.69) is 5.32 Å². The summed E-state index contributed by atoms with van der Waals surface area (Å²) in [6, 6.07) is 6.73. The van der Waals surface area contributed by atoms with E-state index in [0.29, 0.717) is 24.6 Å². The molecule has 0 aromatic heterocycles. The zero-order chi connectivity index (χ0) is 16.7. The van der Waals surface area contributed by atoms with Crippen LogP contribution in [0.2, 0.25) is 0 Å². The molecule has 1 saturated heterocycles. The second kappa shape index (κ2) is 6.15. The van der Waals surface area contributed by atoms with Gasteiger partial charge in [-0.3, -0.25) is 4.79 Å². The Labute approximate surface area is 143 Å². The van der Waals surface area contributed by atoms with Crippen LogP contribution in [0, 0.1) is 11.8 Å². The summed E-state index contributed by atoms with van der Waals surface area (Å²) in [5.74, 6) is 1.23. The Kier molecular flexibility index (Phi) is 4.12. The number of fused-ring (bicyclic) bond motifs is 2. The van der Waals surface area contributed by atoms with Gasteiger partial charge in [0.05, 0.1) is 4.90 Å². The molecule has 2 bridgehead atoms. The topological polar surface area (TPSA) is 66.5 Å². The van der Waals surface area contributed by atoms with Gasteiger partial charge in [0.25, 0.3) is 5.91 Å². The molecule has 4 rings (SSSR count). The van der Waals surface area contributed by atoms with E-state index < -0.39 is 10.0 Å². The molecular weight excluding hydrogens is 324 g/mol. The maximum Gasteiger partial charge on any atom is 0.251 e. The van der Waals surface area contributed by atoms with Crippen molar-refractivity contribution in [2.24, 2.45) is 11.8 Å². The van der Waals surface area contributed by atoms with Crippen LogP contribution >= 0.6 is 0 Å². The predicted molar refractivity (Wildman–Crippen MR) is 91.1 cm³/mol. The van der Waals surface area contributed by atoms with Crippen LogP contribution in [-0.4, -0.2) is 37.8 Å². The van der Waals surface area contributed by atoms with Crippen molar-refractivity contribution in [3.63, 3.8) is 0 Å². The summed E-state index contributed by atoms with van der Waals surface area (Å²) >= 11 is 0. The summed E-state index contributed by atoms with van der Waals surface area (Å²) in [4.78, 5) is 12.8. The largest absolute Gasteiger partial charge is 0.349 e. The minimum Gasteiger partial charge on any atom is -0.349 e. The third-order valence-electron chi connectivity index (χ3n) is 5.85. The molecule has 0 spiro atoms. The van der Waals surface area contributed by atoms with Crippen LogP contribution in [0.15, 0.2) is 29.2 Å². The molecule has 0 radical (unpaired) electrons. The van der Waals surface area contributed by atoms with Gasteiger partial charge in [-0.15, -0.1) is 0 Å². The number of sulfonamides is 1. The highest BCUT2D eigenvalue weighted by molar-refractivity contribution is 7.89. The van der Waals surface area contributed by atoms with Crippen molar-refractivity contribution in [1.82, 2.24) is 9.62 Å². The number of rotatable bonds is 4. The quantitative estimate of drug-likeness (QED) is 0.908. The third kappa shape index (κ3) is 2.86. The van der Waals surface area contributed by atoms with Crippen molar-refractivity contribution in [2.75, 3.05) is 13.1 Å². The molecule has 5 nitrogen and oxygen atoms in total. The van der Waals surface area contributed by atoms with Crippen molar-refractivity contribution in [1.29, 1.82) is 0 Å². The van der Waals surface area contributed by atoms with Gasteiger partial charge in [-0.2, -0.15) is 4.31 Å². The Morgan fingerprint density at radius 1 is 1.12 bits per heavy atom. The van der Waals surface area contributed by atoms with E-state index in [1.54, 1.807) is 18.2 Å². The molecule has 1 N–H and O–H groups in total. The van der Waals surface area contributed by atoms with Crippen LogP contribution in [0.1, 0.15) is 48.9 Å². The van der Waals surface area contributed by atoms with Gasteiger partial charge in [0.15, 0.2) is 0 Å². The first kappa shape index (κ1) is 16.1. The lowest BCUT2D eigenvalue weighted by Crippen LogP contribution is -2.38. The normalized spacial score (nSPS) is 29.9. The Morgan fingerprint density at radius 2 is 1.92 bits per heavy atom. The Morgan fingerprint density at radius 3 is 2.58 bits per heavy atom. The van der Waals surface area contributed by atoms with Crippen molar-refractivity contribution >= 4 is 15.9 Å². The van der Waals surface area contributed by atoms with Crippen LogP contribution < -0.4 is 5.32 Å². The lowest BCUT2D eigenvalue weighted by Gasteiger charge is -2.23. The lowest BCUT2D eigenvalue weighted by molar-refractivity contribution is 0.0922. The van der Waals surface area contributed by atoms with E-state index in [9.17, 15) is 13.2 Å². The molecule has 2 aliphatic carbocycles. The van der Waals surface area contributed by atoms with Crippen LogP contribution in [0.3, 0.4) is 0 Å². The number of nitrogens with zero attached hydrogens (tertiary/aromatic N) is 1. The smallest absolute Gasteiger partial charge is 0.251 e. The average Bonchev–Trinajstić information content (AvgIpc) is 3.32. The first-order valence-corrected chi connectivity index (χ1v) is 10.4. The fourth-order valence-electron chi connectivity index (χ4n) is 4.55. The molecule has 1 amide bonds. The minimum absolute atomic E-state index is 0.147. The van der Waals surface area contributed by atoms with E-state index in [1.165, 1.54) is 29.6 Å². The molecule has 3 fully saturated rings. The lowest BCUT2D eigenvalue weighted by atomic mass is 9.95. The van der Waals surface area contributed by atoms with E-state index in [1.807, 2.05) is 0 Å². The molecule has 6 heteroatoms. The van der Waals surface area contributed by atoms with Gasteiger partial charge in [0.1, 0.15) is 0 Å². The maximum absolute atomic E-state index is 12.7. The maximum atomic E-state index is 12.7. The zero-order valence-corrected chi connectivity index (χ0v) is 14.6.